The molecule has 3 fully saturated rings. The Kier molecular flexibility index (Phi) is 31.0. The molecular formula is C71H90N20O15S3. The minimum absolute atomic E-state index is 0.0527. The van der Waals surface area contributed by atoms with E-state index in [2.05, 4.69) is 73.4 Å². The zero-order valence-corrected chi connectivity index (χ0v) is 62.0. The van der Waals surface area contributed by atoms with Crippen molar-refractivity contribution in [1.82, 2.24) is 78.3 Å². The number of nitrogens with zero attached hydrogens (tertiary/aromatic N) is 2. The number of primary amides is 2. The number of hydrogen-bond donors (Lipinski definition) is 20. The number of H-pyrrole nitrogens is 2. The quantitative estimate of drug-likeness (QED) is 0.0112. The van der Waals surface area contributed by atoms with Gasteiger partial charge in [0, 0.05) is 85.4 Å². The number of guanidine groups is 1. The average molecular weight is 1560 g/mol. The number of aromatic nitrogens is 3. The number of phenolic OH excluding ortho intramolecular Hbond substituents is 2. The molecule has 24 N–H and O–H groups in total. The molecule has 4 aromatic carbocycles. The lowest BCUT2D eigenvalue weighted by molar-refractivity contribution is -0.141. The maximum atomic E-state index is 15.3. The van der Waals surface area contributed by atoms with E-state index in [4.69, 9.17) is 28.3 Å². The summed E-state index contributed by atoms with van der Waals surface area (Å²) in [6, 6.07) is 9.10. The minimum atomic E-state index is -1.83. The zero-order valence-electron chi connectivity index (χ0n) is 59.5. The zero-order chi connectivity index (χ0) is 78.8. The molecule has 3 aliphatic heterocycles. The topological polar surface area (TPSA) is 570 Å². The van der Waals surface area contributed by atoms with Crippen LogP contribution < -0.4 is 81.4 Å². The first kappa shape index (κ1) is 83.3. The molecule has 3 saturated heterocycles. The summed E-state index contributed by atoms with van der Waals surface area (Å²) in [6.45, 7) is 2.28. The third kappa shape index (κ3) is 25.7. The Morgan fingerprint density at radius 2 is 1.24 bits per heavy atom. The van der Waals surface area contributed by atoms with Crippen molar-refractivity contribution < 1.29 is 72.5 Å². The molecule has 12 atom stereocenters. The number of nitrogens with one attached hydrogen (secondary N) is 14. The standard InChI is InChI=1S/C71H90N20O15S3/c1-37-61(97)85-51(25-39-9-4-3-5-10-39)66(102)90-56(68(104)84-50(60(74)96)24-41-16-20-46(93)21-17-41)34-109-108-33-55(89-63(99)48(72)23-40-14-18-45(92)19-15-40)69(105)86-52(27-44-30-77-36-80-44)64(100)81-38(2)62(98)88-54-32-107-35-59(95)91(31-43(83-67(54)103)11-8-22-78-71(75)76)57(26-42-29-79-49-13-7-6-12-47(42)49)70(106)87-53(28-58(73)94)65(101)82-37/h3-7,9-10,12-21,29-30,36-38,43,48,50-57,79,92-93H,8,11,22-28,31-35,72H2,1-2H3,(H2,73,94)(H2,74,96)(H,77,80)(H,81,100)(H,82,101)(H,83,103)(H,84,104)(H,85,97)(H,86,105)(H,87,106)(H,88,98)(H,89,99)(H,90,102)(H4,75,76,78)/t37-,38-,43-,48-,50-,51?,52-,53-,54+,55?,56-,57?/m0/s1. The van der Waals surface area contributed by atoms with Gasteiger partial charge in [-0.25, -0.2) is 4.98 Å². The number of benzene rings is 4. The third-order valence-electron chi connectivity index (χ3n) is 17.7. The number of rotatable bonds is 21. The Morgan fingerprint density at radius 1 is 0.633 bits per heavy atom. The molecule has 0 spiro atoms. The fourth-order valence-electron chi connectivity index (χ4n) is 11.8. The second-order valence-corrected chi connectivity index (χ2v) is 29.7. The number of hydrogen-bond acceptors (Lipinski definition) is 21. The Morgan fingerprint density at radius 3 is 1.89 bits per heavy atom. The van der Waals surface area contributed by atoms with Crippen LogP contribution in [0.4, 0.5) is 0 Å². The monoisotopic (exact) mass is 1560 g/mol. The first-order valence-corrected chi connectivity index (χ1v) is 38.4. The van der Waals surface area contributed by atoms with Crippen molar-refractivity contribution in [2.45, 2.75) is 138 Å². The summed E-state index contributed by atoms with van der Waals surface area (Å²) in [7, 11) is 1.79. The largest absolute Gasteiger partial charge is 0.508 e. The molecule has 582 valence electrons. The van der Waals surface area contributed by atoms with E-state index in [0.717, 1.165) is 33.3 Å². The third-order valence-corrected chi connectivity index (χ3v) is 21.1. The van der Waals surface area contributed by atoms with E-state index < -0.39 is 168 Å². The van der Waals surface area contributed by atoms with Gasteiger partial charge in [-0.1, -0.05) is 94.4 Å². The summed E-state index contributed by atoms with van der Waals surface area (Å²) in [4.78, 5) is 199. The number of imidazole rings is 1. The van der Waals surface area contributed by atoms with Crippen molar-refractivity contribution in [2.24, 2.45) is 22.9 Å². The summed E-state index contributed by atoms with van der Waals surface area (Å²) in [5.41, 5.74) is 26.6. The Bertz CT molecular complexity index is 4220. The van der Waals surface area contributed by atoms with E-state index in [9.17, 15) is 58.2 Å². The lowest BCUT2D eigenvalue weighted by atomic mass is 10.00. The number of aromatic amines is 2. The van der Waals surface area contributed by atoms with E-state index >= 15 is 14.4 Å². The molecule has 0 radical (unpaired) electrons. The predicted octanol–water partition coefficient (Wildman–Crippen LogP) is -3.01. The van der Waals surface area contributed by atoms with Crippen molar-refractivity contribution in [3.8, 4) is 11.5 Å². The number of carbonyl (C=O) groups excluding carboxylic acids is 13. The SMILES string of the molecule is C[C@@H]1NC(=O)[C@H](Cc2c[nH]cn2)NC(=O)C(NC(=O)[C@@H](N)Cc2ccc(O)cc2)CSSC[C@@H](C(=O)N[C@@H](Cc2ccc(O)cc2)C(N)=O)NC(=O)C(Cc2ccccc2)NC(=O)[C@H](C)NC(=O)[C@H](CC(N)=O)NC(=O)C(Cc2c[nH]c3ccccc23)N2C[C@H](CCCNC(=N)N)NC(=O)[C@@H](CSCC2=O)NC1=O. The fourth-order valence-corrected chi connectivity index (χ4v) is 15.0. The van der Waals surface area contributed by atoms with Crippen LogP contribution in [0.2, 0.25) is 0 Å². The first-order chi connectivity index (χ1) is 52.1. The molecule has 3 aliphatic rings. The van der Waals surface area contributed by atoms with Gasteiger partial charge < -0.3 is 107 Å². The van der Waals surface area contributed by atoms with Crippen LogP contribution in [0.3, 0.4) is 0 Å². The average Bonchev–Trinajstić information content (AvgIpc) is 1.74. The number of phenols is 2. The molecule has 2 aromatic heterocycles. The summed E-state index contributed by atoms with van der Waals surface area (Å²) >= 11 is 0.915. The summed E-state index contributed by atoms with van der Waals surface area (Å²) in [5, 5.41) is 57.5. The highest BCUT2D eigenvalue weighted by atomic mass is 33.1. The van der Waals surface area contributed by atoms with Crippen molar-refractivity contribution in [3.63, 3.8) is 0 Å². The molecular weight excluding hydrogens is 1470 g/mol. The van der Waals surface area contributed by atoms with E-state index in [1.165, 1.54) is 79.8 Å². The molecule has 13 amide bonds. The number of nitrogens with two attached hydrogens (primary N) is 4. The van der Waals surface area contributed by atoms with Gasteiger partial charge in [-0.15, -0.1) is 11.8 Å². The van der Waals surface area contributed by atoms with Crippen molar-refractivity contribution in [1.29, 1.82) is 5.41 Å². The first-order valence-electron chi connectivity index (χ1n) is 34.8. The van der Waals surface area contributed by atoms with Crippen LogP contribution >= 0.6 is 33.3 Å². The van der Waals surface area contributed by atoms with E-state index in [1.54, 1.807) is 60.8 Å². The molecule has 35 nitrogen and oxygen atoms in total. The van der Waals surface area contributed by atoms with Crippen molar-refractivity contribution in [2.75, 3.05) is 36.1 Å². The molecule has 2 bridgehead atoms. The molecule has 0 aliphatic carbocycles. The highest BCUT2D eigenvalue weighted by molar-refractivity contribution is 8.76. The van der Waals surface area contributed by atoms with Crippen LogP contribution in [0.1, 0.15) is 61.1 Å². The van der Waals surface area contributed by atoms with Gasteiger partial charge in [0.2, 0.25) is 76.8 Å². The van der Waals surface area contributed by atoms with Crippen LogP contribution in [-0.4, -0.2) is 221 Å². The Hall–Kier alpha value is -11.4. The smallest absolute Gasteiger partial charge is 0.244 e. The highest BCUT2D eigenvalue weighted by Crippen LogP contribution is 2.26. The maximum absolute atomic E-state index is 15.3. The Balaban J connectivity index is 1.18. The highest BCUT2D eigenvalue weighted by Gasteiger charge is 2.40. The number of amides is 13. The predicted molar refractivity (Wildman–Crippen MR) is 407 cm³/mol. The van der Waals surface area contributed by atoms with Crippen LogP contribution in [0, 0.1) is 5.41 Å². The Labute approximate surface area is 638 Å². The van der Waals surface area contributed by atoms with E-state index in [-0.39, 0.29) is 91.9 Å². The minimum Gasteiger partial charge on any atom is -0.508 e. The number of para-hydroxylation sites is 1. The molecule has 109 heavy (non-hydrogen) atoms. The normalized spacial score (nSPS) is 22.8. The van der Waals surface area contributed by atoms with Gasteiger partial charge in [0.25, 0.3) is 0 Å². The summed E-state index contributed by atoms with van der Waals surface area (Å²) in [5.74, 6) is -14.1. The molecule has 38 heteroatoms. The van der Waals surface area contributed by atoms with Gasteiger partial charge >= 0.3 is 0 Å². The van der Waals surface area contributed by atoms with Gasteiger partial charge in [0.05, 0.1) is 30.2 Å². The molecule has 9 rings (SSSR count). The number of thioether (sulfide) groups is 1. The van der Waals surface area contributed by atoms with Gasteiger partial charge in [-0.05, 0) is 85.7 Å². The van der Waals surface area contributed by atoms with Crippen LogP contribution in [-0.2, 0) is 94.4 Å². The van der Waals surface area contributed by atoms with Gasteiger partial charge in [-0.3, -0.25) is 67.7 Å². The van der Waals surface area contributed by atoms with Crippen LogP contribution in [0.25, 0.3) is 10.9 Å². The summed E-state index contributed by atoms with van der Waals surface area (Å²) < 4.78 is 0. The fraction of sp³-hybridized carbons (Fsp3) is 0.394. The van der Waals surface area contributed by atoms with Gasteiger partial charge in [0.15, 0.2) is 5.96 Å². The molecule has 0 saturated carbocycles. The van der Waals surface area contributed by atoms with Crippen LogP contribution in [0.15, 0.2) is 122 Å². The van der Waals surface area contributed by atoms with Crippen molar-refractivity contribution in [3.05, 3.63) is 150 Å². The number of fused-ring (bicyclic) bond motifs is 32. The number of carbonyl (C=O) groups is 13. The summed E-state index contributed by atoms with van der Waals surface area (Å²) in [6.07, 6.45) is 2.77. The molecule has 3 unspecified atom stereocenters. The van der Waals surface area contributed by atoms with E-state index in [0.29, 0.717) is 33.2 Å². The van der Waals surface area contributed by atoms with Gasteiger partial charge in [-0.2, -0.15) is 0 Å². The number of aromatic hydroxyl groups is 2. The van der Waals surface area contributed by atoms with Gasteiger partial charge in [0.1, 0.15) is 71.9 Å². The lowest BCUT2D eigenvalue weighted by Crippen LogP contribution is -2.62. The molecule has 5 heterocycles. The lowest BCUT2D eigenvalue weighted by Gasteiger charge is -2.36. The second-order valence-electron chi connectivity index (χ2n) is 26.2. The molecule has 6 aromatic rings. The van der Waals surface area contributed by atoms with Crippen LogP contribution in [0.5, 0.6) is 11.5 Å². The van der Waals surface area contributed by atoms with E-state index in [1.807, 2.05) is 0 Å². The van der Waals surface area contributed by atoms with Crippen molar-refractivity contribution >= 4 is 127 Å². The maximum Gasteiger partial charge on any atom is 0.244 e. The second kappa shape index (κ2) is 40.5.